The van der Waals surface area contributed by atoms with Gasteiger partial charge in [-0.15, -0.1) is 11.3 Å². The number of thiazole rings is 1. The number of anilines is 1. The molecule has 0 unspecified atom stereocenters. The molecule has 0 radical (unpaired) electrons. The van der Waals surface area contributed by atoms with Crippen molar-refractivity contribution in [1.82, 2.24) is 4.98 Å². The SMILES string of the molecule is COc1cc(NC(=O)[C@H](N)CC(C)C)ccc1-c1cncs1. The van der Waals surface area contributed by atoms with E-state index < -0.39 is 6.04 Å². The summed E-state index contributed by atoms with van der Waals surface area (Å²) in [5.74, 6) is 0.893. The Kier molecular flexibility index (Phi) is 5.51. The van der Waals surface area contributed by atoms with E-state index in [9.17, 15) is 4.79 Å². The molecule has 0 aliphatic rings. The first kappa shape index (κ1) is 16.5. The van der Waals surface area contributed by atoms with E-state index >= 15 is 0 Å². The van der Waals surface area contributed by atoms with Gasteiger partial charge in [0.2, 0.25) is 5.91 Å². The van der Waals surface area contributed by atoms with E-state index in [0.717, 1.165) is 10.4 Å². The maximum absolute atomic E-state index is 12.1. The van der Waals surface area contributed by atoms with Gasteiger partial charge < -0.3 is 15.8 Å². The van der Waals surface area contributed by atoms with Gasteiger partial charge >= 0.3 is 0 Å². The second-order valence-corrected chi connectivity index (χ2v) is 6.39. The van der Waals surface area contributed by atoms with Crippen molar-refractivity contribution in [2.75, 3.05) is 12.4 Å². The van der Waals surface area contributed by atoms with Crippen molar-refractivity contribution in [3.63, 3.8) is 0 Å². The molecule has 1 atom stereocenters. The molecule has 0 fully saturated rings. The molecule has 6 heteroatoms. The number of nitrogens with two attached hydrogens (primary N) is 1. The van der Waals surface area contributed by atoms with Crippen molar-refractivity contribution >= 4 is 22.9 Å². The second kappa shape index (κ2) is 7.38. The molecule has 0 aliphatic heterocycles. The summed E-state index contributed by atoms with van der Waals surface area (Å²) in [6.45, 7) is 4.08. The Morgan fingerprint density at radius 1 is 1.45 bits per heavy atom. The van der Waals surface area contributed by atoms with Crippen LogP contribution in [0.15, 0.2) is 29.9 Å². The van der Waals surface area contributed by atoms with Gasteiger partial charge in [-0.1, -0.05) is 13.8 Å². The first-order chi connectivity index (χ1) is 10.5. The number of nitrogens with zero attached hydrogens (tertiary/aromatic N) is 1. The average Bonchev–Trinajstić information content (AvgIpc) is 3.00. The van der Waals surface area contributed by atoms with Crippen LogP contribution in [0.25, 0.3) is 10.4 Å². The van der Waals surface area contributed by atoms with Crippen molar-refractivity contribution in [1.29, 1.82) is 0 Å². The number of hydrogen-bond acceptors (Lipinski definition) is 5. The van der Waals surface area contributed by atoms with Gasteiger partial charge in [0.15, 0.2) is 0 Å². The topological polar surface area (TPSA) is 77.2 Å². The third-order valence-corrected chi connectivity index (χ3v) is 4.04. The molecule has 0 aliphatic carbocycles. The van der Waals surface area contributed by atoms with E-state index in [-0.39, 0.29) is 5.91 Å². The lowest BCUT2D eigenvalue weighted by Gasteiger charge is -2.15. The van der Waals surface area contributed by atoms with Crippen LogP contribution >= 0.6 is 11.3 Å². The normalized spacial score (nSPS) is 12.2. The van der Waals surface area contributed by atoms with Crippen LogP contribution in [0, 0.1) is 5.92 Å². The van der Waals surface area contributed by atoms with Gasteiger partial charge in [0.1, 0.15) is 5.75 Å². The summed E-state index contributed by atoms with van der Waals surface area (Å²) >= 11 is 1.54. The van der Waals surface area contributed by atoms with Crippen LogP contribution in [0.5, 0.6) is 5.75 Å². The highest BCUT2D eigenvalue weighted by Gasteiger charge is 2.16. The Morgan fingerprint density at radius 3 is 2.82 bits per heavy atom. The van der Waals surface area contributed by atoms with Gasteiger partial charge in [0.25, 0.3) is 0 Å². The van der Waals surface area contributed by atoms with Crippen LogP contribution in [0.3, 0.4) is 0 Å². The Hall–Kier alpha value is -1.92. The molecule has 1 aromatic heterocycles. The molecular weight excluding hydrogens is 298 g/mol. The molecule has 5 nitrogen and oxygen atoms in total. The zero-order valence-electron chi connectivity index (χ0n) is 13.0. The Bertz CT molecular complexity index is 626. The van der Waals surface area contributed by atoms with Crippen LogP contribution in [0.4, 0.5) is 5.69 Å². The standard InChI is InChI=1S/C16H21N3O2S/c1-10(2)6-13(17)16(20)19-11-4-5-12(14(7-11)21-3)15-8-18-9-22-15/h4-5,7-10,13H,6,17H2,1-3H3,(H,19,20)/t13-/m1/s1. The highest BCUT2D eigenvalue weighted by atomic mass is 32.1. The Labute approximate surface area is 134 Å². The number of rotatable bonds is 6. The van der Waals surface area contributed by atoms with Gasteiger partial charge in [0, 0.05) is 23.5 Å². The largest absolute Gasteiger partial charge is 0.496 e. The monoisotopic (exact) mass is 319 g/mol. The van der Waals surface area contributed by atoms with Crippen LogP contribution in [0.2, 0.25) is 0 Å². The van der Waals surface area contributed by atoms with Crippen molar-refractivity contribution in [3.8, 4) is 16.2 Å². The molecule has 2 rings (SSSR count). The van der Waals surface area contributed by atoms with Gasteiger partial charge in [-0.3, -0.25) is 9.78 Å². The van der Waals surface area contributed by atoms with E-state index in [1.807, 2.05) is 26.0 Å². The quantitative estimate of drug-likeness (QED) is 0.857. The summed E-state index contributed by atoms with van der Waals surface area (Å²) in [4.78, 5) is 17.2. The van der Waals surface area contributed by atoms with Crippen molar-refractivity contribution in [3.05, 3.63) is 29.9 Å². The first-order valence-electron chi connectivity index (χ1n) is 7.14. The van der Waals surface area contributed by atoms with E-state index in [0.29, 0.717) is 23.8 Å². The number of amides is 1. The number of ether oxygens (including phenoxy) is 1. The lowest BCUT2D eigenvalue weighted by atomic mass is 10.0. The molecule has 0 bridgehead atoms. The minimum absolute atomic E-state index is 0.179. The lowest BCUT2D eigenvalue weighted by molar-refractivity contribution is -0.117. The van der Waals surface area contributed by atoms with Crippen LogP contribution in [0.1, 0.15) is 20.3 Å². The summed E-state index contributed by atoms with van der Waals surface area (Å²) in [7, 11) is 1.61. The number of benzene rings is 1. The van der Waals surface area contributed by atoms with E-state index in [1.54, 1.807) is 24.9 Å². The van der Waals surface area contributed by atoms with Crippen LogP contribution < -0.4 is 15.8 Å². The number of carbonyl (C=O) groups is 1. The number of hydrogen-bond donors (Lipinski definition) is 2. The van der Waals surface area contributed by atoms with Gasteiger partial charge in [0.05, 0.1) is 23.5 Å². The second-order valence-electron chi connectivity index (χ2n) is 5.51. The van der Waals surface area contributed by atoms with Crippen LogP contribution in [-0.4, -0.2) is 24.0 Å². The van der Waals surface area contributed by atoms with Gasteiger partial charge in [-0.2, -0.15) is 0 Å². The first-order valence-corrected chi connectivity index (χ1v) is 8.02. The summed E-state index contributed by atoms with van der Waals surface area (Å²) in [6.07, 6.45) is 2.45. The molecule has 2 aromatic rings. The van der Waals surface area contributed by atoms with E-state index in [4.69, 9.17) is 10.5 Å². The smallest absolute Gasteiger partial charge is 0.241 e. The fourth-order valence-corrected chi connectivity index (χ4v) is 2.82. The maximum Gasteiger partial charge on any atom is 0.241 e. The lowest BCUT2D eigenvalue weighted by Crippen LogP contribution is -2.36. The fraction of sp³-hybridized carbons (Fsp3) is 0.375. The third kappa shape index (κ3) is 4.05. The molecular formula is C16H21N3O2S. The predicted octanol–water partition coefficient (Wildman–Crippen LogP) is 3.13. The van der Waals surface area contributed by atoms with Crippen molar-refractivity contribution in [2.45, 2.75) is 26.3 Å². The summed E-state index contributed by atoms with van der Waals surface area (Å²) < 4.78 is 5.41. The number of methoxy groups -OCH3 is 1. The molecule has 3 N–H and O–H groups in total. The molecule has 1 heterocycles. The van der Waals surface area contributed by atoms with Gasteiger partial charge in [-0.25, -0.2) is 0 Å². The molecule has 22 heavy (non-hydrogen) atoms. The van der Waals surface area contributed by atoms with Crippen molar-refractivity contribution < 1.29 is 9.53 Å². The third-order valence-electron chi connectivity index (χ3n) is 3.23. The maximum atomic E-state index is 12.1. The van der Waals surface area contributed by atoms with Crippen molar-refractivity contribution in [2.24, 2.45) is 11.7 Å². The van der Waals surface area contributed by atoms with E-state index in [2.05, 4.69) is 10.3 Å². The predicted molar refractivity (Wildman–Crippen MR) is 90.2 cm³/mol. The number of nitrogens with one attached hydrogen (secondary N) is 1. The fourth-order valence-electron chi connectivity index (χ4n) is 2.17. The molecule has 0 saturated heterocycles. The Morgan fingerprint density at radius 2 is 2.23 bits per heavy atom. The highest BCUT2D eigenvalue weighted by molar-refractivity contribution is 7.13. The molecule has 1 aromatic carbocycles. The van der Waals surface area contributed by atoms with E-state index in [1.165, 1.54) is 11.3 Å². The Balaban J connectivity index is 2.15. The average molecular weight is 319 g/mol. The molecule has 0 saturated carbocycles. The molecule has 1 amide bonds. The summed E-state index contributed by atoms with van der Waals surface area (Å²) in [5.41, 5.74) is 9.30. The highest BCUT2D eigenvalue weighted by Crippen LogP contribution is 2.34. The minimum Gasteiger partial charge on any atom is -0.496 e. The summed E-state index contributed by atoms with van der Waals surface area (Å²) in [6, 6.07) is 5.05. The molecule has 118 valence electrons. The number of aromatic nitrogens is 1. The number of carbonyl (C=O) groups excluding carboxylic acids is 1. The van der Waals surface area contributed by atoms with Crippen LogP contribution in [-0.2, 0) is 4.79 Å². The minimum atomic E-state index is -0.507. The zero-order valence-corrected chi connectivity index (χ0v) is 13.8. The molecule has 0 spiro atoms. The summed E-state index contributed by atoms with van der Waals surface area (Å²) in [5, 5.41) is 2.84. The van der Waals surface area contributed by atoms with Gasteiger partial charge in [-0.05, 0) is 24.5 Å². The zero-order chi connectivity index (χ0) is 16.1.